The van der Waals surface area contributed by atoms with Crippen molar-refractivity contribution in [1.29, 1.82) is 0 Å². The molecule has 0 bridgehead atoms. The lowest BCUT2D eigenvalue weighted by atomic mass is 10.2. The van der Waals surface area contributed by atoms with E-state index in [2.05, 4.69) is 20.6 Å². The highest BCUT2D eigenvalue weighted by atomic mass is 35.5. The van der Waals surface area contributed by atoms with E-state index in [1.54, 1.807) is 7.05 Å². The number of aromatic nitrogens is 2. The highest BCUT2D eigenvalue weighted by Crippen LogP contribution is 2.27. The number of nitro groups is 1. The normalized spacial score (nSPS) is 10.0. The van der Waals surface area contributed by atoms with Crippen LogP contribution in [0.4, 0.5) is 17.2 Å². The van der Waals surface area contributed by atoms with Gasteiger partial charge in [-0.1, -0.05) is 11.6 Å². The first kappa shape index (κ1) is 14.7. The molecule has 0 unspecified atom stereocenters. The Balaban J connectivity index is 2.23. The van der Waals surface area contributed by atoms with Crippen LogP contribution in [0.2, 0.25) is 5.02 Å². The van der Waals surface area contributed by atoms with Crippen LogP contribution in [0, 0.1) is 10.1 Å². The highest BCUT2D eigenvalue weighted by molar-refractivity contribution is 6.32. The lowest BCUT2D eigenvalue weighted by molar-refractivity contribution is -0.384. The molecule has 0 atom stereocenters. The van der Waals surface area contributed by atoms with Crippen molar-refractivity contribution in [3.63, 3.8) is 0 Å². The Morgan fingerprint density at radius 3 is 2.81 bits per heavy atom. The Labute approximate surface area is 124 Å². The van der Waals surface area contributed by atoms with Crippen molar-refractivity contribution >= 4 is 34.7 Å². The minimum absolute atomic E-state index is 0.00466. The Kier molecular flexibility index (Phi) is 4.29. The van der Waals surface area contributed by atoms with Crippen molar-refractivity contribution in [3.05, 3.63) is 51.4 Å². The van der Waals surface area contributed by atoms with E-state index in [0.717, 1.165) is 0 Å². The number of benzene rings is 1. The van der Waals surface area contributed by atoms with Gasteiger partial charge < -0.3 is 10.6 Å². The average Bonchev–Trinajstić information content (AvgIpc) is 2.49. The molecule has 0 radical (unpaired) electrons. The zero-order valence-corrected chi connectivity index (χ0v) is 11.6. The van der Waals surface area contributed by atoms with Crippen LogP contribution >= 0.6 is 11.6 Å². The molecule has 1 aromatic heterocycles. The summed E-state index contributed by atoms with van der Waals surface area (Å²) < 4.78 is 0. The average molecular weight is 308 g/mol. The van der Waals surface area contributed by atoms with Crippen LogP contribution in [-0.4, -0.2) is 27.8 Å². The van der Waals surface area contributed by atoms with E-state index in [1.807, 2.05) is 0 Å². The number of carbonyl (C=O) groups is 1. The van der Waals surface area contributed by atoms with Crippen LogP contribution in [0.5, 0.6) is 0 Å². The largest absolute Gasteiger partial charge is 0.372 e. The molecule has 1 aromatic carbocycles. The van der Waals surface area contributed by atoms with Gasteiger partial charge in [0.2, 0.25) is 0 Å². The zero-order valence-electron chi connectivity index (χ0n) is 10.8. The number of nitrogens with one attached hydrogen (secondary N) is 2. The molecule has 21 heavy (non-hydrogen) atoms. The third-order valence-corrected chi connectivity index (χ3v) is 2.84. The van der Waals surface area contributed by atoms with E-state index in [0.29, 0.717) is 5.82 Å². The second-order valence-electron chi connectivity index (χ2n) is 3.92. The van der Waals surface area contributed by atoms with Crippen LogP contribution in [0.15, 0.2) is 30.6 Å². The second kappa shape index (κ2) is 6.14. The number of carbonyl (C=O) groups excluding carboxylic acids is 1. The minimum Gasteiger partial charge on any atom is -0.372 e. The maximum atomic E-state index is 12.0. The number of hydrogen-bond acceptors (Lipinski definition) is 6. The summed E-state index contributed by atoms with van der Waals surface area (Å²) in [4.78, 5) is 30.0. The van der Waals surface area contributed by atoms with Gasteiger partial charge in [0.25, 0.3) is 11.6 Å². The van der Waals surface area contributed by atoms with Crippen LogP contribution in [0.3, 0.4) is 0 Å². The maximum Gasteiger partial charge on any atom is 0.289 e. The molecule has 0 fully saturated rings. The van der Waals surface area contributed by atoms with Gasteiger partial charge >= 0.3 is 0 Å². The molecule has 2 rings (SSSR count). The van der Waals surface area contributed by atoms with E-state index in [4.69, 9.17) is 11.6 Å². The monoisotopic (exact) mass is 307 g/mol. The Morgan fingerprint density at radius 2 is 2.14 bits per heavy atom. The molecule has 8 nitrogen and oxygen atoms in total. The molecular weight excluding hydrogens is 298 g/mol. The van der Waals surface area contributed by atoms with E-state index in [-0.39, 0.29) is 22.1 Å². The quantitative estimate of drug-likeness (QED) is 0.662. The van der Waals surface area contributed by atoms with E-state index in [9.17, 15) is 14.9 Å². The maximum absolute atomic E-state index is 12.0. The summed E-state index contributed by atoms with van der Waals surface area (Å²) in [7, 11) is 1.65. The summed E-state index contributed by atoms with van der Waals surface area (Å²) in [6.45, 7) is 0. The smallest absolute Gasteiger partial charge is 0.289 e. The molecule has 9 heteroatoms. The molecule has 0 aliphatic carbocycles. The number of anilines is 2. The lowest BCUT2D eigenvalue weighted by Gasteiger charge is -2.06. The van der Waals surface area contributed by atoms with Crippen molar-refractivity contribution in [3.8, 4) is 0 Å². The first-order valence-corrected chi connectivity index (χ1v) is 6.14. The zero-order chi connectivity index (χ0) is 15.4. The van der Waals surface area contributed by atoms with E-state index < -0.39 is 10.8 Å². The number of nitrogens with zero attached hydrogens (tertiary/aromatic N) is 3. The summed E-state index contributed by atoms with van der Waals surface area (Å²) >= 11 is 5.70. The molecule has 0 saturated heterocycles. The fourth-order valence-corrected chi connectivity index (χ4v) is 1.71. The Hall–Kier alpha value is -2.74. The van der Waals surface area contributed by atoms with Crippen molar-refractivity contribution in [1.82, 2.24) is 9.97 Å². The Bertz CT molecular complexity index is 707. The molecule has 1 amide bonds. The third-order valence-electron chi connectivity index (χ3n) is 2.52. The fraction of sp³-hybridized carbons (Fsp3) is 0.0833. The molecule has 2 aromatic rings. The number of nitro benzene ring substituents is 1. The van der Waals surface area contributed by atoms with Crippen molar-refractivity contribution < 1.29 is 9.72 Å². The summed E-state index contributed by atoms with van der Waals surface area (Å²) in [6, 6.07) is 3.98. The van der Waals surface area contributed by atoms with Gasteiger partial charge in [0.15, 0.2) is 0 Å². The molecule has 1 heterocycles. The molecule has 0 spiro atoms. The predicted octanol–water partition coefficient (Wildman–Crippen LogP) is 2.33. The summed E-state index contributed by atoms with van der Waals surface area (Å²) in [6.07, 6.45) is 2.75. The first-order chi connectivity index (χ1) is 10.0. The Morgan fingerprint density at radius 1 is 1.38 bits per heavy atom. The predicted molar refractivity (Wildman–Crippen MR) is 77.6 cm³/mol. The van der Waals surface area contributed by atoms with Gasteiger partial charge in [-0.3, -0.25) is 19.9 Å². The highest BCUT2D eigenvalue weighted by Gasteiger charge is 2.15. The molecule has 108 valence electrons. The van der Waals surface area contributed by atoms with Gasteiger partial charge in [0, 0.05) is 18.8 Å². The van der Waals surface area contributed by atoms with Crippen molar-refractivity contribution in [2.45, 2.75) is 0 Å². The van der Waals surface area contributed by atoms with Gasteiger partial charge in [-0.25, -0.2) is 4.98 Å². The van der Waals surface area contributed by atoms with Crippen molar-refractivity contribution in [2.75, 3.05) is 17.7 Å². The van der Waals surface area contributed by atoms with Gasteiger partial charge in [-0.05, 0) is 12.1 Å². The van der Waals surface area contributed by atoms with Crippen LogP contribution < -0.4 is 10.6 Å². The summed E-state index contributed by atoms with van der Waals surface area (Å²) in [5.74, 6) is -0.0963. The van der Waals surface area contributed by atoms with Crippen LogP contribution in [-0.2, 0) is 0 Å². The van der Waals surface area contributed by atoms with Crippen LogP contribution in [0.1, 0.15) is 10.5 Å². The second-order valence-corrected chi connectivity index (χ2v) is 4.32. The van der Waals surface area contributed by atoms with Gasteiger partial charge in [-0.2, -0.15) is 0 Å². The van der Waals surface area contributed by atoms with Crippen LogP contribution in [0.25, 0.3) is 0 Å². The SMILES string of the molecule is CNc1cncc(C(=O)Nc2ccc(Cl)c([N+](=O)[O-])c2)n1. The number of hydrogen-bond donors (Lipinski definition) is 2. The van der Waals surface area contributed by atoms with Gasteiger partial charge in [-0.15, -0.1) is 0 Å². The van der Waals surface area contributed by atoms with Crippen molar-refractivity contribution in [2.24, 2.45) is 0 Å². The third kappa shape index (κ3) is 3.42. The molecule has 2 N–H and O–H groups in total. The summed E-state index contributed by atoms with van der Waals surface area (Å²) in [5.41, 5.74) is 0.0386. The van der Waals surface area contributed by atoms with E-state index >= 15 is 0 Å². The number of amides is 1. The molecule has 0 saturated carbocycles. The van der Waals surface area contributed by atoms with Gasteiger partial charge in [0.05, 0.1) is 17.3 Å². The molecule has 0 aliphatic rings. The lowest BCUT2D eigenvalue weighted by Crippen LogP contribution is -2.15. The first-order valence-electron chi connectivity index (χ1n) is 5.76. The minimum atomic E-state index is -0.626. The standard InChI is InChI=1S/C12H10ClN5O3/c1-14-11-6-15-5-9(17-11)12(19)16-7-2-3-8(13)10(4-7)18(20)21/h2-6H,1H3,(H,14,17)(H,16,19). The fourth-order valence-electron chi connectivity index (χ4n) is 1.52. The van der Waals surface area contributed by atoms with E-state index in [1.165, 1.54) is 30.6 Å². The summed E-state index contributed by atoms with van der Waals surface area (Å²) in [5, 5.41) is 16.0. The number of rotatable bonds is 4. The number of halogens is 1. The van der Waals surface area contributed by atoms with Gasteiger partial charge in [0.1, 0.15) is 16.5 Å². The topological polar surface area (TPSA) is 110 Å². The molecular formula is C12H10ClN5O3. The molecule has 0 aliphatic heterocycles.